The maximum atomic E-state index is 11.5. The molecule has 0 aliphatic heterocycles. The first-order valence-electron chi connectivity index (χ1n) is 4.48. The molecule has 0 fully saturated rings. The molecule has 0 saturated heterocycles. The molecule has 0 unspecified atom stereocenters. The first-order valence-corrected chi connectivity index (χ1v) is 4.48. The molecule has 0 spiro atoms. The van der Waals surface area contributed by atoms with Gasteiger partial charge in [-0.15, -0.1) is 0 Å². The Labute approximate surface area is 90.0 Å². The highest BCUT2D eigenvalue weighted by Crippen LogP contribution is 2.28. The number of hydrogen-bond acceptors (Lipinski definition) is 4. The molecule has 82 valence electrons. The van der Waals surface area contributed by atoms with E-state index in [1.54, 1.807) is 24.3 Å². The number of carbonyl (C=O) groups excluding carboxylic acids is 1. The van der Waals surface area contributed by atoms with Crippen molar-refractivity contribution in [3.05, 3.63) is 39.9 Å². The molecule has 2 aromatic rings. The third kappa shape index (κ3) is 1.40. The topological polar surface area (TPSA) is 85.2 Å². The van der Waals surface area contributed by atoms with Crippen LogP contribution in [0.1, 0.15) is 10.4 Å². The molecular weight excluding hydrogens is 212 g/mol. The van der Waals surface area contributed by atoms with Gasteiger partial charge in [-0.2, -0.15) is 0 Å². The predicted octanol–water partition coefficient (Wildman–Crippen LogP) is 1.86. The minimum absolute atomic E-state index is 0.0388. The van der Waals surface area contributed by atoms with Gasteiger partial charge in [0.25, 0.3) is 0 Å². The van der Waals surface area contributed by atoms with E-state index in [2.05, 4.69) is 9.72 Å². The molecule has 0 bridgehead atoms. The van der Waals surface area contributed by atoms with Crippen LogP contribution < -0.4 is 0 Å². The molecule has 0 amide bonds. The third-order valence-corrected chi connectivity index (χ3v) is 2.26. The number of nitrogens with zero attached hydrogens (tertiary/aromatic N) is 1. The van der Waals surface area contributed by atoms with Gasteiger partial charge in [0.2, 0.25) is 0 Å². The van der Waals surface area contributed by atoms with Crippen molar-refractivity contribution in [3.63, 3.8) is 0 Å². The van der Waals surface area contributed by atoms with Crippen LogP contribution in [0.5, 0.6) is 0 Å². The fourth-order valence-electron chi connectivity index (χ4n) is 1.57. The Morgan fingerprint density at radius 2 is 2.12 bits per heavy atom. The van der Waals surface area contributed by atoms with Crippen LogP contribution in [0.25, 0.3) is 10.9 Å². The number of rotatable bonds is 2. The molecule has 1 aromatic carbocycles. The molecule has 0 aliphatic rings. The van der Waals surface area contributed by atoms with Crippen LogP contribution in [0.15, 0.2) is 24.3 Å². The van der Waals surface area contributed by atoms with Crippen molar-refractivity contribution in [2.24, 2.45) is 0 Å². The number of H-pyrrole nitrogens is 1. The average molecular weight is 220 g/mol. The Balaban J connectivity index is 2.79. The van der Waals surface area contributed by atoms with Crippen LogP contribution in [-0.2, 0) is 4.74 Å². The van der Waals surface area contributed by atoms with E-state index in [1.165, 1.54) is 7.11 Å². The first-order chi connectivity index (χ1) is 7.65. The molecule has 2 rings (SSSR count). The number of ether oxygens (including phenoxy) is 1. The van der Waals surface area contributed by atoms with Crippen molar-refractivity contribution in [2.45, 2.75) is 0 Å². The van der Waals surface area contributed by atoms with E-state index >= 15 is 0 Å². The lowest BCUT2D eigenvalue weighted by Crippen LogP contribution is -2.04. The standard InChI is InChI=1S/C10H8N2O4/c1-16-10(13)8-6-4-2-3-5-7(6)11-9(8)12(14)15/h2-5,11H,1H3. The summed E-state index contributed by atoms with van der Waals surface area (Å²) in [7, 11) is 1.19. The Bertz CT molecular complexity index is 573. The highest BCUT2D eigenvalue weighted by atomic mass is 16.6. The van der Waals surface area contributed by atoms with Crippen LogP contribution in [0.2, 0.25) is 0 Å². The van der Waals surface area contributed by atoms with Crippen molar-refractivity contribution in [1.29, 1.82) is 0 Å². The van der Waals surface area contributed by atoms with Gasteiger partial charge in [-0.1, -0.05) is 12.1 Å². The van der Waals surface area contributed by atoms with E-state index in [-0.39, 0.29) is 11.4 Å². The molecule has 0 atom stereocenters. The number of para-hydroxylation sites is 1. The fourth-order valence-corrected chi connectivity index (χ4v) is 1.57. The van der Waals surface area contributed by atoms with Crippen molar-refractivity contribution < 1.29 is 14.5 Å². The zero-order valence-corrected chi connectivity index (χ0v) is 8.39. The molecule has 0 radical (unpaired) electrons. The lowest BCUT2D eigenvalue weighted by molar-refractivity contribution is -0.389. The average Bonchev–Trinajstić information content (AvgIpc) is 2.67. The number of fused-ring (bicyclic) bond motifs is 1. The second-order valence-corrected chi connectivity index (χ2v) is 3.14. The van der Waals surface area contributed by atoms with Gasteiger partial charge < -0.3 is 14.9 Å². The molecule has 0 aliphatic carbocycles. The minimum Gasteiger partial charge on any atom is -0.465 e. The zero-order valence-electron chi connectivity index (χ0n) is 8.39. The number of carbonyl (C=O) groups is 1. The summed E-state index contributed by atoms with van der Waals surface area (Å²) in [6.45, 7) is 0. The van der Waals surface area contributed by atoms with Crippen molar-refractivity contribution in [2.75, 3.05) is 7.11 Å². The summed E-state index contributed by atoms with van der Waals surface area (Å²) < 4.78 is 4.53. The molecule has 6 heteroatoms. The number of esters is 1. The van der Waals surface area contributed by atoms with Crippen molar-refractivity contribution in [3.8, 4) is 0 Å². The lowest BCUT2D eigenvalue weighted by Gasteiger charge is -1.97. The van der Waals surface area contributed by atoms with Gasteiger partial charge in [-0.05, 0) is 17.1 Å². The molecule has 6 nitrogen and oxygen atoms in total. The number of nitro groups is 1. The van der Waals surface area contributed by atoms with Gasteiger partial charge in [-0.3, -0.25) is 0 Å². The van der Waals surface area contributed by atoms with Crippen LogP contribution in [0.3, 0.4) is 0 Å². The van der Waals surface area contributed by atoms with E-state index in [0.717, 1.165) is 0 Å². The quantitative estimate of drug-likeness (QED) is 0.475. The van der Waals surface area contributed by atoms with Gasteiger partial charge in [0, 0.05) is 5.39 Å². The van der Waals surface area contributed by atoms with E-state index < -0.39 is 10.9 Å². The van der Waals surface area contributed by atoms with Crippen LogP contribution in [-0.4, -0.2) is 23.0 Å². The molecular formula is C10H8N2O4. The second kappa shape index (κ2) is 3.65. The highest BCUT2D eigenvalue weighted by Gasteiger charge is 2.26. The molecule has 1 aromatic heterocycles. The van der Waals surface area contributed by atoms with Crippen LogP contribution in [0, 0.1) is 10.1 Å². The zero-order chi connectivity index (χ0) is 11.7. The minimum atomic E-state index is -0.718. The summed E-state index contributed by atoms with van der Waals surface area (Å²) in [5, 5.41) is 11.3. The lowest BCUT2D eigenvalue weighted by atomic mass is 10.1. The maximum absolute atomic E-state index is 11.5. The van der Waals surface area contributed by atoms with E-state index in [0.29, 0.717) is 10.9 Å². The van der Waals surface area contributed by atoms with Gasteiger partial charge in [0.05, 0.1) is 7.11 Å². The van der Waals surface area contributed by atoms with E-state index in [9.17, 15) is 14.9 Å². The van der Waals surface area contributed by atoms with Gasteiger partial charge in [0.15, 0.2) is 5.56 Å². The monoisotopic (exact) mass is 220 g/mol. The Kier molecular flexibility index (Phi) is 2.32. The third-order valence-electron chi connectivity index (χ3n) is 2.26. The maximum Gasteiger partial charge on any atom is 0.347 e. The number of methoxy groups -OCH3 is 1. The van der Waals surface area contributed by atoms with Gasteiger partial charge >= 0.3 is 11.8 Å². The summed E-state index contributed by atoms with van der Waals surface area (Å²) in [6.07, 6.45) is 0. The molecule has 0 saturated carbocycles. The number of aromatic amines is 1. The normalized spacial score (nSPS) is 10.3. The second-order valence-electron chi connectivity index (χ2n) is 3.14. The molecule has 1 N–H and O–H groups in total. The van der Waals surface area contributed by atoms with Crippen molar-refractivity contribution >= 4 is 22.7 Å². The van der Waals surface area contributed by atoms with E-state index in [1.807, 2.05) is 0 Å². The number of nitrogens with one attached hydrogen (secondary N) is 1. The summed E-state index contributed by atoms with van der Waals surface area (Å²) in [5.41, 5.74) is 0.498. The van der Waals surface area contributed by atoms with Crippen LogP contribution in [0.4, 0.5) is 5.82 Å². The largest absolute Gasteiger partial charge is 0.465 e. The number of aromatic nitrogens is 1. The number of hydrogen-bond donors (Lipinski definition) is 1. The number of benzene rings is 1. The molecule has 1 heterocycles. The summed E-state index contributed by atoms with van der Waals surface area (Å²) in [6, 6.07) is 6.72. The first kappa shape index (κ1) is 10.2. The predicted molar refractivity (Wildman–Crippen MR) is 56.3 cm³/mol. The summed E-state index contributed by atoms with van der Waals surface area (Å²) >= 11 is 0. The van der Waals surface area contributed by atoms with Crippen molar-refractivity contribution in [1.82, 2.24) is 4.98 Å². The highest BCUT2D eigenvalue weighted by molar-refractivity contribution is 6.07. The summed E-state index contributed by atoms with van der Waals surface area (Å²) in [4.78, 5) is 24.2. The Morgan fingerprint density at radius 3 is 2.75 bits per heavy atom. The SMILES string of the molecule is COC(=O)c1c([N+](=O)[O-])[nH]c2ccccc12. The van der Waals surface area contributed by atoms with E-state index in [4.69, 9.17) is 0 Å². The molecule has 16 heavy (non-hydrogen) atoms. The Hall–Kier alpha value is -2.37. The smallest absolute Gasteiger partial charge is 0.347 e. The van der Waals surface area contributed by atoms with Crippen LogP contribution >= 0.6 is 0 Å². The van der Waals surface area contributed by atoms with Gasteiger partial charge in [0.1, 0.15) is 5.52 Å². The van der Waals surface area contributed by atoms with Gasteiger partial charge in [-0.25, -0.2) is 9.78 Å². The Morgan fingerprint density at radius 1 is 1.44 bits per heavy atom. The summed E-state index contributed by atoms with van der Waals surface area (Å²) in [5.74, 6) is -1.06. The fraction of sp³-hybridized carbons (Fsp3) is 0.100.